The molecular weight excluding hydrogens is 230 g/mol. The van der Waals surface area contributed by atoms with E-state index in [1.54, 1.807) is 11.6 Å². The number of amides is 1. The number of hydrogen-bond donors (Lipinski definition) is 2. The van der Waals surface area contributed by atoms with Crippen LogP contribution in [-0.4, -0.2) is 32.9 Å². The van der Waals surface area contributed by atoms with Crippen molar-refractivity contribution in [2.75, 3.05) is 0 Å². The first-order valence-electron chi connectivity index (χ1n) is 6.53. The van der Waals surface area contributed by atoms with Crippen LogP contribution in [0.3, 0.4) is 0 Å². The minimum Gasteiger partial charge on any atom is -0.393 e. The van der Waals surface area contributed by atoms with Crippen molar-refractivity contribution in [3.05, 3.63) is 17.5 Å². The molecule has 1 rings (SSSR count). The van der Waals surface area contributed by atoms with E-state index in [0.29, 0.717) is 18.7 Å². The van der Waals surface area contributed by atoms with Crippen molar-refractivity contribution in [3.8, 4) is 0 Å². The highest BCUT2D eigenvalue weighted by atomic mass is 16.3. The third-order valence-electron chi connectivity index (χ3n) is 2.80. The molecule has 18 heavy (non-hydrogen) atoms. The van der Waals surface area contributed by atoms with Gasteiger partial charge in [-0.1, -0.05) is 6.92 Å². The van der Waals surface area contributed by atoms with E-state index in [-0.39, 0.29) is 11.9 Å². The van der Waals surface area contributed by atoms with Crippen molar-refractivity contribution in [2.24, 2.45) is 0 Å². The van der Waals surface area contributed by atoms with Crippen LogP contribution in [0.15, 0.2) is 6.07 Å². The van der Waals surface area contributed by atoms with Crippen LogP contribution in [0.25, 0.3) is 0 Å². The van der Waals surface area contributed by atoms with Gasteiger partial charge in [-0.3, -0.25) is 9.48 Å². The molecule has 2 unspecified atom stereocenters. The van der Waals surface area contributed by atoms with Gasteiger partial charge in [-0.25, -0.2) is 0 Å². The van der Waals surface area contributed by atoms with Gasteiger partial charge in [0, 0.05) is 12.6 Å². The molecule has 2 atom stereocenters. The molecule has 5 heteroatoms. The van der Waals surface area contributed by atoms with Crippen LogP contribution < -0.4 is 5.32 Å². The molecule has 1 aromatic heterocycles. The summed E-state index contributed by atoms with van der Waals surface area (Å²) in [6.07, 6.45) is 0.950. The zero-order valence-electron chi connectivity index (χ0n) is 11.6. The molecule has 102 valence electrons. The minimum atomic E-state index is -0.414. The molecule has 1 amide bonds. The summed E-state index contributed by atoms with van der Waals surface area (Å²) in [5.41, 5.74) is 1.51. The fourth-order valence-electron chi connectivity index (χ4n) is 1.94. The summed E-state index contributed by atoms with van der Waals surface area (Å²) in [5.74, 6) is -0.128. The molecule has 0 radical (unpaired) electrons. The Hall–Kier alpha value is -1.36. The molecule has 0 aliphatic carbocycles. The van der Waals surface area contributed by atoms with E-state index < -0.39 is 6.10 Å². The Bertz CT molecular complexity index is 399. The molecule has 1 aromatic rings. The first-order valence-corrected chi connectivity index (χ1v) is 6.53. The van der Waals surface area contributed by atoms with Crippen molar-refractivity contribution in [2.45, 2.75) is 59.2 Å². The normalized spacial score (nSPS) is 14.3. The molecule has 0 aliphatic rings. The van der Waals surface area contributed by atoms with Gasteiger partial charge in [0.2, 0.25) is 0 Å². The highest BCUT2D eigenvalue weighted by Crippen LogP contribution is 2.07. The van der Waals surface area contributed by atoms with E-state index in [0.717, 1.165) is 12.1 Å². The van der Waals surface area contributed by atoms with Gasteiger partial charge in [-0.05, 0) is 39.7 Å². The van der Waals surface area contributed by atoms with Gasteiger partial charge in [-0.15, -0.1) is 0 Å². The summed E-state index contributed by atoms with van der Waals surface area (Å²) < 4.78 is 1.71. The minimum absolute atomic E-state index is 0.0530. The van der Waals surface area contributed by atoms with Gasteiger partial charge in [0.1, 0.15) is 5.69 Å². The highest BCUT2D eigenvalue weighted by molar-refractivity contribution is 5.92. The third kappa shape index (κ3) is 3.84. The number of nitrogens with zero attached hydrogens (tertiary/aromatic N) is 2. The van der Waals surface area contributed by atoms with Gasteiger partial charge in [0.25, 0.3) is 5.91 Å². The maximum atomic E-state index is 12.1. The van der Waals surface area contributed by atoms with Crippen molar-refractivity contribution < 1.29 is 9.90 Å². The van der Waals surface area contributed by atoms with Gasteiger partial charge >= 0.3 is 0 Å². The van der Waals surface area contributed by atoms with Crippen molar-refractivity contribution in [1.82, 2.24) is 15.1 Å². The Kier molecular flexibility index (Phi) is 5.34. The SMILES string of the molecule is CCc1cc(C(=O)NC(C)CC(C)O)n(CC)n1. The van der Waals surface area contributed by atoms with E-state index in [1.165, 1.54) is 0 Å². The standard InChI is InChI=1S/C13H23N3O2/c1-5-11-8-12(16(6-2)15-11)13(18)14-9(3)7-10(4)17/h8-10,17H,5-7H2,1-4H3,(H,14,18). The number of carbonyl (C=O) groups excluding carboxylic acids is 1. The first-order chi connectivity index (χ1) is 8.47. The van der Waals surface area contributed by atoms with Gasteiger partial charge < -0.3 is 10.4 Å². The number of aryl methyl sites for hydroxylation is 2. The molecule has 0 saturated carbocycles. The molecule has 5 nitrogen and oxygen atoms in total. The lowest BCUT2D eigenvalue weighted by Crippen LogP contribution is -2.35. The van der Waals surface area contributed by atoms with Crippen LogP contribution in [0.2, 0.25) is 0 Å². The van der Waals surface area contributed by atoms with Gasteiger partial charge in [0.15, 0.2) is 0 Å². The van der Waals surface area contributed by atoms with Crippen molar-refractivity contribution in [1.29, 1.82) is 0 Å². The molecule has 0 spiro atoms. The van der Waals surface area contributed by atoms with E-state index in [1.807, 2.05) is 26.8 Å². The number of aromatic nitrogens is 2. The number of nitrogens with one attached hydrogen (secondary N) is 1. The summed E-state index contributed by atoms with van der Waals surface area (Å²) in [4.78, 5) is 12.1. The predicted octanol–water partition coefficient (Wildman–Crippen LogP) is 1.35. The third-order valence-corrected chi connectivity index (χ3v) is 2.80. The average molecular weight is 253 g/mol. The molecule has 2 N–H and O–H groups in total. The Balaban J connectivity index is 2.74. The number of carbonyl (C=O) groups is 1. The fourth-order valence-corrected chi connectivity index (χ4v) is 1.94. The van der Waals surface area contributed by atoms with Crippen molar-refractivity contribution >= 4 is 5.91 Å². The molecule has 0 bridgehead atoms. The van der Waals surface area contributed by atoms with E-state index in [4.69, 9.17) is 0 Å². The Morgan fingerprint density at radius 1 is 1.50 bits per heavy atom. The summed E-state index contributed by atoms with van der Waals surface area (Å²) in [6.45, 7) is 8.25. The first kappa shape index (κ1) is 14.7. The molecule has 0 aromatic carbocycles. The number of aliphatic hydroxyl groups is 1. The lowest BCUT2D eigenvalue weighted by atomic mass is 10.1. The Morgan fingerprint density at radius 3 is 2.67 bits per heavy atom. The fraction of sp³-hybridized carbons (Fsp3) is 0.692. The maximum absolute atomic E-state index is 12.1. The Morgan fingerprint density at radius 2 is 2.17 bits per heavy atom. The summed E-state index contributed by atoms with van der Waals surface area (Å²) in [5, 5.41) is 16.5. The molecule has 1 heterocycles. The van der Waals surface area contributed by atoms with Crippen LogP contribution in [-0.2, 0) is 13.0 Å². The van der Waals surface area contributed by atoms with Crippen LogP contribution >= 0.6 is 0 Å². The summed E-state index contributed by atoms with van der Waals surface area (Å²) in [6, 6.07) is 1.77. The lowest BCUT2D eigenvalue weighted by Gasteiger charge is -2.15. The second-order valence-corrected chi connectivity index (χ2v) is 4.65. The monoisotopic (exact) mass is 253 g/mol. The average Bonchev–Trinajstić information content (AvgIpc) is 2.70. The van der Waals surface area contributed by atoms with E-state index in [9.17, 15) is 9.90 Å². The quantitative estimate of drug-likeness (QED) is 0.804. The second kappa shape index (κ2) is 6.54. The number of hydrogen-bond acceptors (Lipinski definition) is 3. The number of rotatable bonds is 6. The largest absolute Gasteiger partial charge is 0.393 e. The molecular formula is C13H23N3O2. The molecule has 0 fully saturated rings. The Labute approximate surface area is 108 Å². The molecule has 0 saturated heterocycles. The lowest BCUT2D eigenvalue weighted by molar-refractivity contribution is 0.0912. The van der Waals surface area contributed by atoms with Gasteiger partial charge in [0.05, 0.1) is 11.8 Å². The predicted molar refractivity (Wildman–Crippen MR) is 70.5 cm³/mol. The zero-order chi connectivity index (χ0) is 13.7. The maximum Gasteiger partial charge on any atom is 0.269 e. The van der Waals surface area contributed by atoms with Crippen LogP contribution in [0.1, 0.15) is 50.3 Å². The molecule has 0 aliphatic heterocycles. The smallest absolute Gasteiger partial charge is 0.269 e. The number of aliphatic hydroxyl groups excluding tert-OH is 1. The zero-order valence-corrected chi connectivity index (χ0v) is 11.6. The van der Waals surface area contributed by atoms with Gasteiger partial charge in [-0.2, -0.15) is 5.10 Å². The summed E-state index contributed by atoms with van der Waals surface area (Å²) in [7, 11) is 0. The van der Waals surface area contributed by atoms with Crippen LogP contribution in [0, 0.1) is 0 Å². The second-order valence-electron chi connectivity index (χ2n) is 4.65. The summed E-state index contributed by atoms with van der Waals surface area (Å²) >= 11 is 0. The van der Waals surface area contributed by atoms with E-state index in [2.05, 4.69) is 10.4 Å². The van der Waals surface area contributed by atoms with Crippen LogP contribution in [0.4, 0.5) is 0 Å². The topological polar surface area (TPSA) is 67.2 Å². The highest BCUT2D eigenvalue weighted by Gasteiger charge is 2.16. The van der Waals surface area contributed by atoms with Crippen molar-refractivity contribution in [3.63, 3.8) is 0 Å². The van der Waals surface area contributed by atoms with E-state index >= 15 is 0 Å². The van der Waals surface area contributed by atoms with Crippen LogP contribution in [0.5, 0.6) is 0 Å².